The van der Waals surface area contributed by atoms with Crippen molar-refractivity contribution < 1.29 is 93.1 Å². The topological polar surface area (TPSA) is 16.6 Å². The molecular formula is C64H46BF20N. The van der Waals surface area contributed by atoms with Crippen LogP contribution in [0.25, 0.3) is 54.2 Å². The average molecular weight is 1220 g/mol. The molecule has 22 heteroatoms. The van der Waals surface area contributed by atoms with Crippen LogP contribution in [0.2, 0.25) is 0 Å². The molecule has 0 spiro atoms. The molecular weight excluding hydrogens is 1170 g/mol. The zero-order valence-corrected chi connectivity index (χ0v) is 45.2. The molecule has 0 aromatic heterocycles. The third kappa shape index (κ3) is 11.3. The van der Waals surface area contributed by atoms with Crippen molar-refractivity contribution in [2.45, 2.75) is 65.2 Å². The number of fused-ring (bicyclic) bond motifs is 4. The van der Waals surface area contributed by atoms with Crippen molar-refractivity contribution in [2.75, 3.05) is 13.1 Å². The van der Waals surface area contributed by atoms with E-state index in [4.69, 9.17) is 0 Å². The summed E-state index contributed by atoms with van der Waals surface area (Å²) in [5, 5.41) is -13.7. The van der Waals surface area contributed by atoms with E-state index in [-0.39, 0.29) is 48.5 Å². The Morgan fingerprint density at radius 3 is 0.791 bits per heavy atom. The zero-order chi connectivity index (χ0) is 62.6. The van der Waals surface area contributed by atoms with Gasteiger partial charge in [0.05, 0.1) is 34.6 Å². The van der Waals surface area contributed by atoms with Gasteiger partial charge in [-0.05, 0) is 76.2 Å². The first-order chi connectivity index (χ1) is 41.0. The highest BCUT2D eigenvalue weighted by molar-refractivity contribution is 7.23. The van der Waals surface area contributed by atoms with Crippen molar-refractivity contribution in [2.24, 2.45) is 0 Å². The second kappa shape index (κ2) is 26.6. The van der Waals surface area contributed by atoms with Crippen LogP contribution in [0.5, 0.6) is 0 Å². The van der Waals surface area contributed by atoms with E-state index in [0.717, 1.165) is 0 Å². The molecule has 1 nitrogen and oxygen atoms in total. The second-order valence-electron chi connectivity index (χ2n) is 20.1. The van der Waals surface area contributed by atoms with Crippen LogP contribution in [0.1, 0.15) is 65.2 Å². The van der Waals surface area contributed by atoms with E-state index in [1.54, 1.807) is 0 Å². The van der Waals surface area contributed by atoms with Crippen molar-refractivity contribution in [3.05, 3.63) is 226 Å². The Bertz CT molecular complexity index is 3710. The number of halogens is 20. The van der Waals surface area contributed by atoms with E-state index in [2.05, 4.69) is 67.7 Å². The summed E-state index contributed by atoms with van der Waals surface area (Å²) < 4.78 is 318. The second-order valence-corrected chi connectivity index (χ2v) is 20.1. The molecule has 0 atom stereocenters. The van der Waals surface area contributed by atoms with E-state index in [1.165, 1.54) is 75.6 Å². The minimum absolute atomic E-state index is 0.0220. The molecule has 0 amide bonds. The predicted molar refractivity (Wildman–Crippen MR) is 291 cm³/mol. The van der Waals surface area contributed by atoms with E-state index in [1.807, 2.05) is 12.1 Å². The monoisotopic (exact) mass is 1220 g/mol. The minimum atomic E-state index is -6.29. The minimum Gasteiger partial charge on any atom is -0.346 e. The third-order valence-electron chi connectivity index (χ3n) is 15.0. The van der Waals surface area contributed by atoms with Crippen molar-refractivity contribution >= 4 is 71.1 Å². The Labute approximate surface area is 477 Å². The highest BCUT2D eigenvalue weighted by Gasteiger charge is 2.49. The van der Waals surface area contributed by atoms with E-state index >= 15 is 70.2 Å². The maximum atomic E-state index is 17.3. The number of unbranched alkanes of at least 4 members (excludes halogenated alkanes) is 6. The fourth-order valence-electron chi connectivity index (χ4n) is 11.1. The quantitative estimate of drug-likeness (QED) is 0.0456. The molecule has 0 saturated carbocycles. The van der Waals surface area contributed by atoms with Crippen LogP contribution in [-0.4, -0.2) is 19.2 Å². The van der Waals surface area contributed by atoms with Crippen molar-refractivity contribution in [1.82, 2.24) is 0 Å². The number of hydrogen-bond acceptors (Lipinski definition) is 0. The molecule has 2 N–H and O–H groups in total. The zero-order valence-electron chi connectivity index (χ0n) is 45.2. The lowest BCUT2D eigenvalue weighted by atomic mass is 9.11. The largest absolute Gasteiger partial charge is 0.346 e. The van der Waals surface area contributed by atoms with Gasteiger partial charge in [0.25, 0.3) is 0 Å². The van der Waals surface area contributed by atoms with E-state index in [9.17, 15) is 17.6 Å². The molecule has 10 rings (SSSR count). The Balaban J connectivity index is 0.000000316. The summed E-state index contributed by atoms with van der Waals surface area (Å²) in [4.78, 5) is 0. The molecule has 10 aromatic carbocycles. The normalized spacial score (nSPS) is 11.7. The first-order valence-electron chi connectivity index (χ1n) is 26.9. The van der Waals surface area contributed by atoms with Gasteiger partial charge in [0.15, 0.2) is 93.1 Å². The molecule has 10 aromatic rings. The summed E-state index contributed by atoms with van der Waals surface area (Å²) >= 11 is 0. The van der Waals surface area contributed by atoms with Crippen LogP contribution in [0.3, 0.4) is 0 Å². The fourth-order valence-corrected chi connectivity index (χ4v) is 11.1. The number of benzene rings is 10. The van der Waals surface area contributed by atoms with Gasteiger partial charge in [0, 0.05) is 0 Å². The number of rotatable bonds is 15. The maximum Gasteiger partial charge on any atom is 0.191 e. The van der Waals surface area contributed by atoms with Gasteiger partial charge in [-0.3, -0.25) is 0 Å². The lowest BCUT2D eigenvalue weighted by molar-refractivity contribution is -0.655. The van der Waals surface area contributed by atoms with Crippen LogP contribution in [0.15, 0.2) is 109 Å². The summed E-state index contributed by atoms with van der Waals surface area (Å²) in [5.41, 5.74) is -7.19. The van der Waals surface area contributed by atoms with Gasteiger partial charge in [0.2, 0.25) is 0 Å². The van der Waals surface area contributed by atoms with Gasteiger partial charge in [-0.2, -0.15) is 0 Å². The highest BCUT2D eigenvalue weighted by Crippen LogP contribution is 2.38. The van der Waals surface area contributed by atoms with Gasteiger partial charge < -0.3 is 5.32 Å². The maximum absolute atomic E-state index is 17.3. The fraction of sp³-hybridized carbons (Fsp3) is 0.188. The van der Waals surface area contributed by atoms with Gasteiger partial charge >= 0.3 is 0 Å². The lowest BCUT2D eigenvalue weighted by Gasteiger charge is -2.47. The summed E-state index contributed by atoms with van der Waals surface area (Å²) in [6, 6.07) is 20.3. The smallest absolute Gasteiger partial charge is 0.191 e. The third-order valence-corrected chi connectivity index (χ3v) is 15.0. The van der Waals surface area contributed by atoms with Gasteiger partial charge in [-0.1, -0.05) is 131 Å². The molecule has 0 aliphatic carbocycles. The number of quaternary nitrogens is 1. The van der Waals surface area contributed by atoms with Crippen molar-refractivity contribution in [3.63, 3.8) is 0 Å². The Morgan fingerprint density at radius 1 is 0.256 bits per heavy atom. The van der Waals surface area contributed by atoms with Crippen LogP contribution >= 0.6 is 0 Å². The van der Waals surface area contributed by atoms with E-state index in [0.29, 0.717) is 0 Å². The van der Waals surface area contributed by atoms with Gasteiger partial charge in [-0.25, -0.2) is 87.8 Å². The number of nitrogens with two attached hydrogens (primary N) is 1. The van der Waals surface area contributed by atoms with Crippen LogP contribution in [-0.2, 0) is 0 Å². The van der Waals surface area contributed by atoms with Crippen molar-refractivity contribution in [1.29, 1.82) is 0 Å². The molecule has 0 heterocycles. The molecule has 450 valence electrons. The van der Waals surface area contributed by atoms with Crippen molar-refractivity contribution in [3.8, 4) is 11.1 Å². The highest BCUT2D eigenvalue weighted by atomic mass is 19.2. The Kier molecular flexibility index (Phi) is 19.8. The summed E-state index contributed by atoms with van der Waals surface area (Å²) in [7, 11) is 0. The Morgan fingerprint density at radius 2 is 0.523 bits per heavy atom. The molecule has 0 aliphatic heterocycles. The first-order valence-corrected chi connectivity index (χ1v) is 26.9. The molecule has 0 unspecified atom stereocenters. The molecule has 0 saturated heterocycles. The SMILES string of the molecule is CCCCCCCCC[NH2+]CCC.Fc1ccc2c([B-](c3c(F)c(F)c(F)c4c(F)c(F)ccc34)(c3c(F)c(F)c(F)c4c(F)c(F)ccc34)c3c(F)c(F)c(F)c4c(F)c(F)ccc34)c(F)c(F)c(F)c2c1F.c1ccc(-c2ccccc2)cc1. The molecule has 0 bridgehead atoms. The predicted octanol–water partition coefficient (Wildman–Crippen LogP) is 16.5. The van der Waals surface area contributed by atoms with Gasteiger partial charge in [0.1, 0.15) is 29.4 Å². The molecule has 0 aliphatic rings. The first kappa shape index (κ1) is 63.9. The molecule has 86 heavy (non-hydrogen) atoms. The van der Waals surface area contributed by atoms with Crippen LogP contribution in [0, 0.1) is 116 Å². The van der Waals surface area contributed by atoms with Crippen LogP contribution < -0.4 is 27.2 Å². The average Bonchev–Trinajstić information content (AvgIpc) is 0.676. The molecule has 0 fully saturated rings. The Hall–Kier alpha value is -8.14. The standard InChI is InChI=1S/C40H8BF20.C12H27N.C12H10/c42-13-5-1-9-17(25(13)46)29(50)37(58)33(54)21(9)41(22-10-2-6-14(43)26(47)18(10)30(51)38(59)34(22)55,23-11-3-7-15(44)27(48)19(11)31(52)39(60)35(23)56)24-12-4-8-16(45)28(49)20(12)32(53)40(61)36(24)57;1-3-5-6-7-8-9-10-12-13-11-4-2;1-3-7-11(8-4-1)12-9-5-2-6-10-12/h1-8H;13H,3-12H2,1-2H3;1-10H/q-1;;/p+1. The number of hydrogen-bond donors (Lipinski definition) is 1. The summed E-state index contributed by atoms with van der Waals surface area (Å²) in [6.07, 6.45) is 5.07. The van der Waals surface area contributed by atoms with E-state index < -0.39 is 187 Å². The summed E-state index contributed by atoms with van der Waals surface area (Å²) in [5.74, 6) is -54.8. The molecule has 0 radical (unpaired) electrons. The lowest BCUT2D eigenvalue weighted by Crippen LogP contribution is -2.84. The van der Waals surface area contributed by atoms with Crippen LogP contribution in [0.4, 0.5) is 87.8 Å². The summed E-state index contributed by atoms with van der Waals surface area (Å²) in [6.45, 7) is 7.19. The van der Waals surface area contributed by atoms with Gasteiger partial charge in [-0.15, -0.1) is 21.9 Å².